The Balaban J connectivity index is 1.80. The van der Waals surface area contributed by atoms with Crippen LogP contribution >= 0.6 is 0 Å². The Morgan fingerprint density at radius 2 is 2.00 bits per heavy atom. The van der Waals surface area contributed by atoms with Gasteiger partial charge in [0.2, 0.25) is 0 Å². The van der Waals surface area contributed by atoms with Crippen LogP contribution in [-0.4, -0.2) is 12.2 Å². The third kappa shape index (κ3) is 3.08. The van der Waals surface area contributed by atoms with Gasteiger partial charge >= 0.3 is 0 Å². The van der Waals surface area contributed by atoms with Crippen LogP contribution in [-0.2, 0) is 6.42 Å². The fourth-order valence-corrected chi connectivity index (χ4v) is 2.75. The predicted molar refractivity (Wildman–Crippen MR) is 80.0 cm³/mol. The maximum Gasteiger partial charge on any atom is 0.165 e. The predicted octanol–water partition coefficient (Wildman–Crippen LogP) is 3.99. The van der Waals surface area contributed by atoms with Crippen LogP contribution in [0.15, 0.2) is 42.5 Å². The van der Waals surface area contributed by atoms with Gasteiger partial charge in [-0.2, -0.15) is 0 Å². The first-order chi connectivity index (χ1) is 10.2. The van der Waals surface area contributed by atoms with E-state index < -0.39 is 11.9 Å². The first-order valence-electron chi connectivity index (χ1n) is 7.28. The summed E-state index contributed by atoms with van der Waals surface area (Å²) in [6.45, 7) is 0. The molecule has 2 aromatic rings. The number of hydrogen-bond acceptors (Lipinski definition) is 2. The average Bonchev–Trinajstić information content (AvgIpc) is 3.32. The van der Waals surface area contributed by atoms with Gasteiger partial charge in [-0.1, -0.05) is 30.3 Å². The van der Waals surface area contributed by atoms with Crippen LogP contribution in [0.4, 0.5) is 4.39 Å². The lowest BCUT2D eigenvalue weighted by Gasteiger charge is -2.16. The van der Waals surface area contributed by atoms with E-state index in [2.05, 4.69) is 6.07 Å². The summed E-state index contributed by atoms with van der Waals surface area (Å²) in [6, 6.07) is 12.8. The molecule has 1 unspecified atom stereocenters. The number of halogens is 1. The second kappa shape index (κ2) is 5.86. The van der Waals surface area contributed by atoms with E-state index >= 15 is 0 Å². The molecule has 1 atom stereocenters. The maximum absolute atomic E-state index is 13.7. The fraction of sp³-hybridized carbons (Fsp3) is 0.333. The van der Waals surface area contributed by atoms with Crippen LogP contribution in [0.1, 0.15) is 41.6 Å². The van der Waals surface area contributed by atoms with Crippen LogP contribution in [0.5, 0.6) is 5.75 Å². The van der Waals surface area contributed by atoms with Crippen LogP contribution in [0.25, 0.3) is 0 Å². The van der Waals surface area contributed by atoms with E-state index in [1.165, 1.54) is 31.6 Å². The molecule has 0 amide bonds. The minimum atomic E-state index is -0.602. The Hall–Kier alpha value is -1.87. The molecule has 110 valence electrons. The number of aliphatic hydroxyl groups excluding tert-OH is 1. The van der Waals surface area contributed by atoms with Crippen LogP contribution in [0.3, 0.4) is 0 Å². The quantitative estimate of drug-likeness (QED) is 0.900. The van der Waals surface area contributed by atoms with Crippen molar-refractivity contribution in [2.75, 3.05) is 7.11 Å². The normalized spacial score (nSPS) is 15.8. The van der Waals surface area contributed by atoms with Crippen molar-refractivity contribution in [2.45, 2.75) is 31.3 Å². The molecular formula is C18H19FO2. The van der Waals surface area contributed by atoms with Crippen molar-refractivity contribution in [1.29, 1.82) is 0 Å². The lowest BCUT2D eigenvalue weighted by atomic mass is 9.95. The molecule has 2 nitrogen and oxygen atoms in total. The van der Waals surface area contributed by atoms with Crippen LogP contribution in [0, 0.1) is 5.82 Å². The zero-order valence-electron chi connectivity index (χ0n) is 12.1. The molecule has 0 radical (unpaired) electrons. The first-order valence-corrected chi connectivity index (χ1v) is 7.28. The first kappa shape index (κ1) is 14.1. The highest BCUT2D eigenvalue weighted by atomic mass is 19.1. The molecule has 21 heavy (non-hydrogen) atoms. The summed E-state index contributed by atoms with van der Waals surface area (Å²) >= 11 is 0. The number of ether oxygens (including phenoxy) is 1. The van der Waals surface area contributed by atoms with Gasteiger partial charge in [-0.15, -0.1) is 0 Å². The van der Waals surface area contributed by atoms with Gasteiger partial charge in [0.25, 0.3) is 0 Å². The van der Waals surface area contributed by atoms with Gasteiger partial charge in [0.05, 0.1) is 13.2 Å². The molecular weight excluding hydrogens is 267 g/mol. The van der Waals surface area contributed by atoms with E-state index in [1.54, 1.807) is 12.1 Å². The molecule has 2 aromatic carbocycles. The molecule has 1 fully saturated rings. The van der Waals surface area contributed by atoms with E-state index in [4.69, 9.17) is 4.74 Å². The number of hydrogen-bond donors (Lipinski definition) is 1. The molecule has 1 saturated carbocycles. The molecule has 0 aromatic heterocycles. The highest BCUT2D eigenvalue weighted by Crippen LogP contribution is 2.43. The van der Waals surface area contributed by atoms with Crippen molar-refractivity contribution in [2.24, 2.45) is 0 Å². The Kier molecular flexibility index (Phi) is 3.93. The van der Waals surface area contributed by atoms with Gasteiger partial charge in [0, 0.05) is 6.42 Å². The SMILES string of the molecule is COc1ccc(CC(O)c2ccccc2C2CC2)cc1F. The van der Waals surface area contributed by atoms with Crippen molar-refractivity contribution in [1.82, 2.24) is 0 Å². The largest absolute Gasteiger partial charge is 0.494 e. The Labute approximate surface area is 124 Å². The van der Waals surface area contributed by atoms with Crippen molar-refractivity contribution in [3.63, 3.8) is 0 Å². The van der Waals surface area contributed by atoms with Crippen LogP contribution in [0.2, 0.25) is 0 Å². The van der Waals surface area contributed by atoms with Crippen LogP contribution < -0.4 is 4.74 Å². The topological polar surface area (TPSA) is 29.5 Å². The molecule has 1 aliphatic rings. The smallest absolute Gasteiger partial charge is 0.165 e. The van der Waals surface area contributed by atoms with Crippen molar-refractivity contribution in [3.05, 3.63) is 65.0 Å². The zero-order chi connectivity index (χ0) is 14.8. The molecule has 3 rings (SSSR count). The van der Waals surface area contributed by atoms with E-state index in [0.717, 1.165) is 11.1 Å². The number of benzene rings is 2. The van der Waals surface area contributed by atoms with Gasteiger partial charge in [-0.25, -0.2) is 4.39 Å². The summed E-state index contributed by atoms with van der Waals surface area (Å²) in [5.74, 6) is 0.424. The third-order valence-electron chi connectivity index (χ3n) is 4.02. The van der Waals surface area contributed by atoms with E-state index in [-0.39, 0.29) is 5.75 Å². The van der Waals surface area contributed by atoms with E-state index in [9.17, 15) is 9.50 Å². The minimum absolute atomic E-state index is 0.228. The Morgan fingerprint density at radius 3 is 2.67 bits per heavy atom. The molecule has 3 heteroatoms. The minimum Gasteiger partial charge on any atom is -0.494 e. The third-order valence-corrected chi connectivity index (χ3v) is 4.02. The monoisotopic (exact) mass is 286 g/mol. The second-order valence-electron chi connectivity index (χ2n) is 5.59. The van der Waals surface area contributed by atoms with Gasteiger partial charge in [0.1, 0.15) is 0 Å². The molecule has 1 aliphatic carbocycles. The summed E-state index contributed by atoms with van der Waals surface area (Å²) in [5, 5.41) is 10.5. The van der Waals surface area contributed by atoms with Crippen molar-refractivity contribution < 1.29 is 14.2 Å². The Morgan fingerprint density at radius 1 is 1.24 bits per heavy atom. The molecule has 0 spiro atoms. The number of methoxy groups -OCH3 is 1. The summed E-state index contributed by atoms with van der Waals surface area (Å²) in [6.07, 6.45) is 2.20. The molecule has 0 heterocycles. The molecule has 1 N–H and O–H groups in total. The fourth-order valence-electron chi connectivity index (χ4n) is 2.75. The van der Waals surface area contributed by atoms with Gasteiger partial charge < -0.3 is 9.84 Å². The van der Waals surface area contributed by atoms with E-state index in [1.807, 2.05) is 18.2 Å². The summed E-state index contributed by atoms with van der Waals surface area (Å²) in [5.41, 5.74) is 2.97. The Bertz CT molecular complexity index is 635. The second-order valence-corrected chi connectivity index (χ2v) is 5.59. The zero-order valence-corrected chi connectivity index (χ0v) is 12.1. The van der Waals surface area contributed by atoms with Gasteiger partial charge in [-0.3, -0.25) is 0 Å². The number of aliphatic hydroxyl groups is 1. The lowest BCUT2D eigenvalue weighted by molar-refractivity contribution is 0.177. The van der Waals surface area contributed by atoms with Gasteiger partial charge in [0.15, 0.2) is 11.6 Å². The van der Waals surface area contributed by atoms with Crippen molar-refractivity contribution >= 4 is 0 Å². The highest BCUT2D eigenvalue weighted by molar-refractivity contribution is 5.36. The summed E-state index contributed by atoms with van der Waals surface area (Å²) in [7, 11) is 1.44. The highest BCUT2D eigenvalue weighted by Gasteiger charge is 2.27. The summed E-state index contributed by atoms with van der Waals surface area (Å²) < 4.78 is 18.6. The molecule has 0 bridgehead atoms. The molecule has 0 aliphatic heterocycles. The van der Waals surface area contributed by atoms with Crippen molar-refractivity contribution in [3.8, 4) is 5.75 Å². The lowest BCUT2D eigenvalue weighted by Crippen LogP contribution is -2.05. The molecule has 0 saturated heterocycles. The standard InChI is InChI=1S/C18H19FO2/c1-21-18-9-6-12(10-16(18)19)11-17(20)15-5-3-2-4-14(15)13-7-8-13/h2-6,9-10,13,17,20H,7-8,11H2,1H3. The number of rotatable bonds is 5. The maximum atomic E-state index is 13.7. The average molecular weight is 286 g/mol. The van der Waals surface area contributed by atoms with E-state index in [0.29, 0.717) is 12.3 Å². The van der Waals surface area contributed by atoms with Gasteiger partial charge in [-0.05, 0) is 47.6 Å². The summed E-state index contributed by atoms with van der Waals surface area (Å²) in [4.78, 5) is 0.